The first kappa shape index (κ1) is 19.8. The maximum atomic E-state index is 12.5. The number of carbonyl (C=O) groups is 2. The number of aryl methyl sites for hydroxylation is 1. The van der Waals surface area contributed by atoms with Gasteiger partial charge in [0.2, 0.25) is 11.5 Å². The fraction of sp³-hybridized carbons (Fsp3) is 0.158. The molecule has 3 aromatic heterocycles. The minimum absolute atomic E-state index is 0.0768. The van der Waals surface area contributed by atoms with Gasteiger partial charge in [-0.05, 0) is 26.0 Å². The van der Waals surface area contributed by atoms with Crippen molar-refractivity contribution in [3.05, 3.63) is 62.3 Å². The summed E-state index contributed by atoms with van der Waals surface area (Å²) >= 11 is 0. The van der Waals surface area contributed by atoms with E-state index < -0.39 is 16.6 Å². The molecule has 0 saturated heterocycles. The van der Waals surface area contributed by atoms with Crippen LogP contribution in [0.4, 0.5) is 10.5 Å². The second-order valence-corrected chi connectivity index (χ2v) is 6.50. The average Bonchev–Trinajstić information content (AvgIpc) is 3.36. The molecule has 0 unspecified atom stereocenters. The molecule has 0 aliphatic carbocycles. The molecule has 0 amide bonds. The maximum Gasteiger partial charge on any atom is 0.515 e. The molecule has 158 valence electrons. The van der Waals surface area contributed by atoms with Crippen LogP contribution in [-0.2, 0) is 4.74 Å². The van der Waals surface area contributed by atoms with Gasteiger partial charge in [0.15, 0.2) is 6.29 Å². The molecular weight excluding hydrogens is 410 g/mol. The molecule has 12 heteroatoms. The number of aromatic nitrogens is 4. The van der Waals surface area contributed by atoms with Crippen molar-refractivity contribution in [1.29, 1.82) is 0 Å². The highest BCUT2D eigenvalue weighted by molar-refractivity contribution is 5.88. The van der Waals surface area contributed by atoms with E-state index in [0.717, 1.165) is 0 Å². The summed E-state index contributed by atoms with van der Waals surface area (Å²) < 4.78 is 12.5. The molecule has 0 aliphatic heterocycles. The maximum absolute atomic E-state index is 12.5. The molecule has 1 N–H and O–H groups in total. The van der Waals surface area contributed by atoms with Crippen molar-refractivity contribution in [2.24, 2.45) is 0 Å². The van der Waals surface area contributed by atoms with Gasteiger partial charge in [0.25, 0.3) is 11.2 Å². The molecule has 31 heavy (non-hydrogen) atoms. The van der Waals surface area contributed by atoms with Gasteiger partial charge in [-0.15, -0.1) is 0 Å². The zero-order valence-electron chi connectivity index (χ0n) is 16.3. The number of ether oxygens (including phenoxy) is 2. The number of hydrogen-bond donors (Lipinski definition) is 1. The first-order chi connectivity index (χ1) is 14.8. The fourth-order valence-electron chi connectivity index (χ4n) is 3.33. The first-order valence-corrected chi connectivity index (χ1v) is 9.05. The number of fused-ring (bicyclic) bond motifs is 3. The topological polar surface area (TPSA) is 151 Å². The van der Waals surface area contributed by atoms with Crippen molar-refractivity contribution >= 4 is 34.8 Å². The molecule has 1 aromatic carbocycles. The Morgan fingerprint density at radius 2 is 2.16 bits per heavy atom. The lowest BCUT2D eigenvalue weighted by atomic mass is 10.1. The number of rotatable bonds is 5. The van der Waals surface area contributed by atoms with Crippen LogP contribution in [0.3, 0.4) is 0 Å². The smallest absolute Gasteiger partial charge is 0.434 e. The minimum Gasteiger partial charge on any atom is -0.434 e. The zero-order chi connectivity index (χ0) is 22.3. The number of imidazole rings is 1. The largest absolute Gasteiger partial charge is 0.515 e. The van der Waals surface area contributed by atoms with Crippen LogP contribution < -0.4 is 10.3 Å². The van der Waals surface area contributed by atoms with Gasteiger partial charge >= 0.3 is 6.16 Å². The van der Waals surface area contributed by atoms with E-state index in [1.165, 1.54) is 46.6 Å². The Balaban J connectivity index is 2.02. The van der Waals surface area contributed by atoms with Gasteiger partial charge in [-0.25, -0.2) is 4.79 Å². The Hall–Kier alpha value is -4.48. The normalized spacial score (nSPS) is 11.0. The SMILES string of the molecule is CCOC(=O)Oc1cn2c(n1)c(=O)[nH]c1c(C)c([N+](=O)[O-])c(-n3ccc(C=O)c3)cc12. The highest BCUT2D eigenvalue weighted by Crippen LogP contribution is 2.33. The van der Waals surface area contributed by atoms with Crippen LogP contribution in [0.1, 0.15) is 22.8 Å². The van der Waals surface area contributed by atoms with Gasteiger partial charge in [-0.2, -0.15) is 4.98 Å². The van der Waals surface area contributed by atoms with Crippen LogP contribution in [0, 0.1) is 17.0 Å². The third-order valence-corrected chi connectivity index (χ3v) is 4.65. The average molecular weight is 425 g/mol. The van der Waals surface area contributed by atoms with Crippen LogP contribution in [0.5, 0.6) is 5.88 Å². The summed E-state index contributed by atoms with van der Waals surface area (Å²) in [6.45, 7) is 3.21. The van der Waals surface area contributed by atoms with E-state index in [1.807, 2.05) is 0 Å². The highest BCUT2D eigenvalue weighted by Gasteiger charge is 2.24. The summed E-state index contributed by atoms with van der Waals surface area (Å²) in [6, 6.07) is 3.00. The Morgan fingerprint density at radius 3 is 2.81 bits per heavy atom. The number of nitro groups is 1. The van der Waals surface area contributed by atoms with E-state index in [-0.39, 0.29) is 40.6 Å². The summed E-state index contributed by atoms with van der Waals surface area (Å²) in [5.41, 5.74) is 0.381. The Bertz CT molecular complexity index is 1430. The molecule has 3 heterocycles. The number of H-pyrrole nitrogens is 1. The van der Waals surface area contributed by atoms with E-state index in [0.29, 0.717) is 17.4 Å². The van der Waals surface area contributed by atoms with Gasteiger partial charge in [0.1, 0.15) is 5.69 Å². The monoisotopic (exact) mass is 425 g/mol. The molecule has 12 nitrogen and oxygen atoms in total. The summed E-state index contributed by atoms with van der Waals surface area (Å²) in [6.07, 6.45) is 3.93. The number of nitrogens with zero attached hydrogens (tertiary/aromatic N) is 4. The van der Waals surface area contributed by atoms with Crippen molar-refractivity contribution in [3.63, 3.8) is 0 Å². The van der Waals surface area contributed by atoms with Gasteiger partial charge in [-0.1, -0.05) is 0 Å². The molecule has 0 atom stereocenters. The Morgan fingerprint density at radius 1 is 1.39 bits per heavy atom. The quantitative estimate of drug-likeness (QED) is 0.222. The molecular formula is C19H15N5O7. The number of nitro benzene ring substituents is 1. The lowest BCUT2D eigenvalue weighted by Crippen LogP contribution is -2.13. The van der Waals surface area contributed by atoms with Gasteiger partial charge in [0, 0.05) is 18.0 Å². The summed E-state index contributed by atoms with van der Waals surface area (Å²) in [5, 5.41) is 11.8. The summed E-state index contributed by atoms with van der Waals surface area (Å²) in [4.78, 5) is 53.0. The highest BCUT2D eigenvalue weighted by atomic mass is 16.7. The van der Waals surface area contributed by atoms with Crippen molar-refractivity contribution in [2.45, 2.75) is 13.8 Å². The van der Waals surface area contributed by atoms with Crippen LogP contribution in [0.25, 0.3) is 22.4 Å². The summed E-state index contributed by atoms with van der Waals surface area (Å²) in [5.74, 6) is -0.168. The van der Waals surface area contributed by atoms with Crippen LogP contribution >= 0.6 is 0 Å². The molecule has 0 saturated carbocycles. The van der Waals surface area contributed by atoms with Crippen LogP contribution in [-0.4, -0.2) is 42.9 Å². The lowest BCUT2D eigenvalue weighted by molar-refractivity contribution is -0.385. The van der Waals surface area contributed by atoms with E-state index in [2.05, 4.69) is 9.97 Å². The van der Waals surface area contributed by atoms with Crippen molar-refractivity contribution in [3.8, 4) is 11.6 Å². The van der Waals surface area contributed by atoms with Crippen LogP contribution in [0.2, 0.25) is 0 Å². The molecule has 0 radical (unpaired) electrons. The van der Waals surface area contributed by atoms with Crippen molar-refractivity contribution in [2.75, 3.05) is 6.61 Å². The number of aldehydes is 1. The van der Waals surface area contributed by atoms with E-state index in [1.54, 1.807) is 6.92 Å². The van der Waals surface area contributed by atoms with Gasteiger partial charge < -0.3 is 19.0 Å². The van der Waals surface area contributed by atoms with Crippen LogP contribution in [0.15, 0.2) is 35.5 Å². The first-order valence-electron chi connectivity index (χ1n) is 9.05. The molecule has 0 bridgehead atoms. The molecule has 4 rings (SSSR count). The second-order valence-electron chi connectivity index (χ2n) is 6.50. The lowest BCUT2D eigenvalue weighted by Gasteiger charge is -2.11. The molecule has 4 aromatic rings. The number of aromatic amines is 1. The fourth-order valence-corrected chi connectivity index (χ4v) is 3.33. The Labute approximate surface area is 172 Å². The van der Waals surface area contributed by atoms with Crippen molar-refractivity contribution < 1.29 is 24.0 Å². The summed E-state index contributed by atoms with van der Waals surface area (Å²) in [7, 11) is 0. The number of benzene rings is 1. The van der Waals surface area contributed by atoms with E-state index >= 15 is 0 Å². The standard InChI is InChI=1S/C19H15N5O7/c1-3-30-19(27)31-14-8-23-12-6-13(22-5-4-11(7-22)9-25)16(24(28)29)10(2)15(12)21-18(26)17(23)20-14/h4-9H,3H2,1-2H3,(H,21,26). The Kier molecular flexibility index (Phi) is 4.73. The number of nitrogens with one attached hydrogen (secondary N) is 1. The predicted octanol–water partition coefficient (Wildman–Crippen LogP) is 2.53. The number of hydrogen-bond acceptors (Lipinski definition) is 8. The predicted molar refractivity (Wildman–Crippen MR) is 107 cm³/mol. The third kappa shape index (κ3) is 3.29. The van der Waals surface area contributed by atoms with E-state index in [4.69, 9.17) is 9.47 Å². The zero-order valence-corrected chi connectivity index (χ0v) is 16.3. The van der Waals surface area contributed by atoms with Crippen molar-refractivity contribution in [1.82, 2.24) is 18.9 Å². The van der Waals surface area contributed by atoms with Gasteiger partial charge in [0.05, 0.1) is 34.3 Å². The van der Waals surface area contributed by atoms with Gasteiger partial charge in [-0.3, -0.25) is 24.1 Å². The third-order valence-electron chi connectivity index (χ3n) is 4.65. The number of carbonyl (C=O) groups excluding carboxylic acids is 2. The second kappa shape index (κ2) is 7.40. The molecule has 0 fully saturated rings. The molecule has 0 aliphatic rings. The molecule has 0 spiro atoms. The van der Waals surface area contributed by atoms with E-state index in [9.17, 15) is 24.5 Å². The minimum atomic E-state index is -0.979.